The molecule has 0 radical (unpaired) electrons. The predicted molar refractivity (Wildman–Crippen MR) is 75.4 cm³/mol. The molecule has 1 aliphatic rings. The zero-order valence-corrected chi connectivity index (χ0v) is 11.9. The molecule has 1 aliphatic heterocycles. The fourth-order valence-electron chi connectivity index (χ4n) is 1.93. The van der Waals surface area contributed by atoms with Gasteiger partial charge in [-0.1, -0.05) is 0 Å². The largest absolute Gasteiger partial charge is 0.479 e. The second-order valence-electron chi connectivity index (χ2n) is 4.03. The molecule has 0 spiro atoms. The van der Waals surface area contributed by atoms with Crippen LogP contribution in [0.15, 0.2) is 18.2 Å². The highest BCUT2D eigenvalue weighted by Crippen LogP contribution is 2.30. The number of morpholine rings is 1. The van der Waals surface area contributed by atoms with E-state index in [0.717, 1.165) is 3.57 Å². The van der Waals surface area contributed by atoms with E-state index in [4.69, 9.17) is 9.84 Å². The molecule has 102 valence electrons. The summed E-state index contributed by atoms with van der Waals surface area (Å²) in [5.41, 5.74) is 0.415. The van der Waals surface area contributed by atoms with Gasteiger partial charge in [-0.2, -0.15) is 0 Å². The van der Waals surface area contributed by atoms with Gasteiger partial charge < -0.3 is 14.7 Å². The molecule has 1 aromatic rings. The van der Waals surface area contributed by atoms with Gasteiger partial charge in [0.2, 0.25) is 0 Å². The van der Waals surface area contributed by atoms with Crippen molar-refractivity contribution in [2.75, 3.05) is 24.6 Å². The topological polar surface area (TPSA) is 92.9 Å². The van der Waals surface area contributed by atoms with Crippen LogP contribution in [-0.4, -0.2) is 41.8 Å². The molecular weight excluding hydrogens is 367 g/mol. The fraction of sp³-hybridized carbons (Fsp3) is 0.364. The van der Waals surface area contributed by atoms with Crippen molar-refractivity contribution in [1.82, 2.24) is 0 Å². The standard InChI is InChI=1S/C11H11IN2O5/c12-7-1-2-8(9(5-7)14(17)18)13-3-4-19-10(6-13)11(15)16/h1-2,5,10H,3-4,6H2,(H,15,16). The van der Waals surface area contributed by atoms with Gasteiger partial charge in [0.05, 0.1) is 18.1 Å². The second-order valence-corrected chi connectivity index (χ2v) is 5.28. The van der Waals surface area contributed by atoms with Crippen molar-refractivity contribution >= 4 is 39.9 Å². The van der Waals surface area contributed by atoms with E-state index < -0.39 is 17.0 Å². The van der Waals surface area contributed by atoms with E-state index in [0.29, 0.717) is 12.2 Å². The number of hydrogen-bond donors (Lipinski definition) is 1. The normalized spacial score (nSPS) is 19.2. The third-order valence-corrected chi connectivity index (χ3v) is 3.49. The lowest BCUT2D eigenvalue weighted by molar-refractivity contribution is -0.384. The monoisotopic (exact) mass is 378 g/mol. The maximum absolute atomic E-state index is 11.1. The molecule has 8 heteroatoms. The molecule has 1 unspecified atom stereocenters. The highest BCUT2D eigenvalue weighted by atomic mass is 127. The number of ether oxygens (including phenoxy) is 1. The van der Waals surface area contributed by atoms with Gasteiger partial charge in [0.15, 0.2) is 6.10 Å². The number of nitro groups is 1. The fourth-order valence-corrected chi connectivity index (χ4v) is 2.40. The minimum Gasteiger partial charge on any atom is -0.479 e. The summed E-state index contributed by atoms with van der Waals surface area (Å²) in [5.74, 6) is -1.06. The zero-order chi connectivity index (χ0) is 14.0. The Balaban J connectivity index is 2.30. The summed E-state index contributed by atoms with van der Waals surface area (Å²) in [5, 5.41) is 20.0. The Morgan fingerprint density at radius 3 is 2.95 bits per heavy atom. The van der Waals surface area contributed by atoms with E-state index in [1.54, 1.807) is 17.0 Å². The minimum absolute atomic E-state index is 0.0158. The number of aliphatic carboxylic acids is 1. The van der Waals surface area contributed by atoms with Crippen molar-refractivity contribution in [3.8, 4) is 0 Å². The average Bonchev–Trinajstić information content (AvgIpc) is 2.38. The smallest absolute Gasteiger partial charge is 0.334 e. The van der Waals surface area contributed by atoms with E-state index in [9.17, 15) is 14.9 Å². The number of nitro benzene ring substituents is 1. The average molecular weight is 378 g/mol. The van der Waals surface area contributed by atoms with Crippen molar-refractivity contribution < 1.29 is 19.6 Å². The van der Waals surface area contributed by atoms with Crippen LogP contribution < -0.4 is 4.90 Å². The Morgan fingerprint density at radius 1 is 1.58 bits per heavy atom. The minimum atomic E-state index is -1.06. The van der Waals surface area contributed by atoms with Gasteiger partial charge in [-0.05, 0) is 34.7 Å². The van der Waals surface area contributed by atoms with E-state index in [2.05, 4.69) is 0 Å². The zero-order valence-electron chi connectivity index (χ0n) is 9.78. The molecule has 0 saturated carbocycles. The van der Waals surface area contributed by atoms with Gasteiger partial charge in [0.25, 0.3) is 5.69 Å². The summed E-state index contributed by atoms with van der Waals surface area (Å²) in [7, 11) is 0. The SMILES string of the molecule is O=C(O)C1CN(c2ccc(I)cc2[N+](=O)[O-])CCO1. The molecule has 1 heterocycles. The van der Waals surface area contributed by atoms with Crippen molar-refractivity contribution in [3.63, 3.8) is 0 Å². The number of rotatable bonds is 3. The Bertz CT molecular complexity index is 522. The molecule has 1 atom stereocenters. The highest BCUT2D eigenvalue weighted by Gasteiger charge is 2.29. The molecule has 0 aliphatic carbocycles. The number of carbonyl (C=O) groups is 1. The van der Waals surface area contributed by atoms with Crippen molar-refractivity contribution in [2.45, 2.75) is 6.10 Å². The maximum Gasteiger partial charge on any atom is 0.334 e. The van der Waals surface area contributed by atoms with Crippen LogP contribution in [0.3, 0.4) is 0 Å². The Hall–Kier alpha value is -1.42. The molecule has 0 aromatic heterocycles. The molecule has 1 fully saturated rings. The summed E-state index contributed by atoms with van der Waals surface area (Å²) >= 11 is 2.00. The van der Waals surface area contributed by atoms with Gasteiger partial charge in [0, 0.05) is 16.2 Å². The lowest BCUT2D eigenvalue weighted by Crippen LogP contribution is -2.46. The molecule has 7 nitrogen and oxygen atoms in total. The van der Waals surface area contributed by atoms with Crippen LogP contribution in [0.2, 0.25) is 0 Å². The van der Waals surface area contributed by atoms with Crippen LogP contribution in [0, 0.1) is 13.7 Å². The molecular formula is C11H11IN2O5. The molecule has 19 heavy (non-hydrogen) atoms. The van der Waals surface area contributed by atoms with E-state index in [1.807, 2.05) is 22.6 Å². The number of carboxylic acids is 1. The summed E-state index contributed by atoms with van der Waals surface area (Å²) in [4.78, 5) is 23.2. The molecule has 2 rings (SSSR count). The number of nitrogens with zero attached hydrogens (tertiary/aromatic N) is 2. The first-order valence-electron chi connectivity index (χ1n) is 5.52. The van der Waals surface area contributed by atoms with Gasteiger partial charge in [-0.3, -0.25) is 10.1 Å². The van der Waals surface area contributed by atoms with Crippen molar-refractivity contribution in [3.05, 3.63) is 31.9 Å². The number of anilines is 1. The van der Waals surface area contributed by atoms with Crippen molar-refractivity contribution in [1.29, 1.82) is 0 Å². The van der Waals surface area contributed by atoms with Gasteiger partial charge in [0.1, 0.15) is 5.69 Å². The van der Waals surface area contributed by atoms with E-state index in [1.165, 1.54) is 6.07 Å². The third kappa shape index (κ3) is 3.13. The summed E-state index contributed by atoms with van der Waals surface area (Å²) in [6, 6.07) is 4.87. The van der Waals surface area contributed by atoms with Crippen LogP contribution >= 0.6 is 22.6 Å². The summed E-state index contributed by atoms with van der Waals surface area (Å²) in [6.45, 7) is 0.780. The van der Waals surface area contributed by atoms with Crippen LogP contribution in [-0.2, 0) is 9.53 Å². The summed E-state index contributed by atoms with van der Waals surface area (Å²) in [6.07, 6.45) is -0.951. The Labute approximate surface area is 122 Å². The number of hydrogen-bond acceptors (Lipinski definition) is 5. The molecule has 0 amide bonds. The lowest BCUT2D eigenvalue weighted by Gasteiger charge is -2.32. The van der Waals surface area contributed by atoms with Gasteiger partial charge >= 0.3 is 5.97 Å². The number of carboxylic acid groups (broad SMARTS) is 1. The van der Waals surface area contributed by atoms with E-state index in [-0.39, 0.29) is 18.8 Å². The molecule has 1 saturated heterocycles. The van der Waals surface area contributed by atoms with Gasteiger partial charge in [-0.25, -0.2) is 4.79 Å². The first-order valence-corrected chi connectivity index (χ1v) is 6.60. The first kappa shape index (κ1) is 14.0. The third-order valence-electron chi connectivity index (χ3n) is 2.82. The summed E-state index contributed by atoms with van der Waals surface area (Å²) < 4.78 is 5.86. The quantitative estimate of drug-likeness (QED) is 0.487. The Kier molecular flexibility index (Phi) is 4.20. The van der Waals surface area contributed by atoms with Gasteiger partial charge in [-0.15, -0.1) is 0 Å². The lowest BCUT2D eigenvalue weighted by atomic mass is 10.2. The molecule has 0 bridgehead atoms. The van der Waals surface area contributed by atoms with E-state index >= 15 is 0 Å². The highest BCUT2D eigenvalue weighted by molar-refractivity contribution is 14.1. The Morgan fingerprint density at radius 2 is 2.32 bits per heavy atom. The molecule has 1 aromatic carbocycles. The van der Waals surface area contributed by atoms with Crippen molar-refractivity contribution in [2.24, 2.45) is 0 Å². The van der Waals surface area contributed by atoms with Crippen LogP contribution in [0.5, 0.6) is 0 Å². The van der Waals surface area contributed by atoms with Crippen LogP contribution in [0.4, 0.5) is 11.4 Å². The molecule has 1 N–H and O–H groups in total. The first-order chi connectivity index (χ1) is 8.99. The second kappa shape index (κ2) is 5.70. The predicted octanol–water partition coefficient (Wildman–Crippen LogP) is 1.49. The van der Waals surface area contributed by atoms with Crippen LogP contribution in [0.1, 0.15) is 0 Å². The number of benzene rings is 1. The maximum atomic E-state index is 11.1. The number of halogens is 1. The van der Waals surface area contributed by atoms with Crippen LogP contribution in [0.25, 0.3) is 0 Å².